The number of nitrogen functional groups attached to an aromatic ring is 1. The van der Waals surface area contributed by atoms with Gasteiger partial charge in [-0.15, -0.1) is 0 Å². The van der Waals surface area contributed by atoms with Gasteiger partial charge in [0.25, 0.3) is 0 Å². The van der Waals surface area contributed by atoms with Crippen molar-refractivity contribution >= 4 is 39.0 Å². The molecule has 5 heteroatoms. The second-order valence-electron chi connectivity index (χ2n) is 4.21. The van der Waals surface area contributed by atoms with Gasteiger partial charge in [-0.3, -0.25) is 0 Å². The summed E-state index contributed by atoms with van der Waals surface area (Å²) in [5.74, 6) is 0.892. The molecule has 0 saturated carbocycles. The van der Waals surface area contributed by atoms with Gasteiger partial charge in [-0.05, 0) is 46.6 Å². The lowest BCUT2D eigenvalue weighted by atomic mass is 10.2. The number of halogens is 2. The van der Waals surface area contributed by atoms with Crippen LogP contribution in [-0.4, -0.2) is 11.5 Å². The van der Waals surface area contributed by atoms with Gasteiger partial charge in [-0.2, -0.15) is 0 Å². The Labute approximate surface area is 126 Å². The average Bonchev–Trinajstić information content (AvgIpc) is 2.39. The highest BCUT2D eigenvalue weighted by Crippen LogP contribution is 2.27. The highest BCUT2D eigenvalue weighted by atomic mass is 79.9. The van der Waals surface area contributed by atoms with E-state index < -0.39 is 0 Å². The van der Waals surface area contributed by atoms with Crippen LogP contribution in [0.25, 0.3) is 0 Å². The Balaban J connectivity index is 2.22. The fourth-order valence-electron chi connectivity index (χ4n) is 1.82. The summed E-state index contributed by atoms with van der Waals surface area (Å²) in [6.07, 6.45) is 1.66. The minimum atomic E-state index is 0.624. The minimum Gasteiger partial charge on any atom is -0.399 e. The fourth-order valence-corrected chi connectivity index (χ4v) is 2.71. The van der Waals surface area contributed by atoms with E-state index >= 15 is 0 Å². The largest absolute Gasteiger partial charge is 0.399 e. The number of nitrogens with zero attached hydrogens (tertiary/aromatic N) is 2. The molecule has 1 aromatic heterocycles. The van der Waals surface area contributed by atoms with Crippen LogP contribution in [0.3, 0.4) is 0 Å². The number of rotatable bonds is 4. The van der Waals surface area contributed by atoms with Gasteiger partial charge in [0, 0.05) is 25.0 Å². The van der Waals surface area contributed by atoms with Gasteiger partial charge in [0.15, 0.2) is 0 Å². The van der Waals surface area contributed by atoms with Crippen molar-refractivity contribution in [2.45, 2.75) is 13.5 Å². The molecule has 1 aromatic carbocycles. The molecule has 2 N–H and O–H groups in total. The number of nitrogens with two attached hydrogens (primary N) is 1. The highest BCUT2D eigenvalue weighted by Gasteiger charge is 2.11. The van der Waals surface area contributed by atoms with Gasteiger partial charge in [0.1, 0.15) is 5.82 Å². The Morgan fingerprint density at radius 1 is 1.32 bits per heavy atom. The quantitative estimate of drug-likeness (QED) is 0.852. The molecule has 0 bridgehead atoms. The molecule has 0 atom stereocenters. The predicted octanol–water partition coefficient (Wildman–Crippen LogP) is 4.11. The molecule has 3 nitrogen and oxygen atoms in total. The van der Waals surface area contributed by atoms with Crippen LogP contribution in [0, 0.1) is 0 Å². The molecule has 0 unspecified atom stereocenters. The molecule has 0 saturated heterocycles. The van der Waals surface area contributed by atoms with Crippen molar-refractivity contribution in [2.75, 3.05) is 17.2 Å². The van der Waals surface area contributed by atoms with Crippen molar-refractivity contribution in [2.24, 2.45) is 0 Å². The molecule has 0 aliphatic rings. The van der Waals surface area contributed by atoms with Crippen LogP contribution < -0.4 is 10.6 Å². The van der Waals surface area contributed by atoms with Gasteiger partial charge in [0.05, 0.1) is 9.50 Å². The standard InChI is InChI=1S/C14H15BrClN3/c1-2-19(9-10-3-5-12(17)6-4-10)14-13(15)7-11(16)8-18-14/h3-8H,2,9,17H2,1H3. The van der Waals surface area contributed by atoms with Crippen LogP contribution in [-0.2, 0) is 6.54 Å². The third-order valence-electron chi connectivity index (χ3n) is 2.82. The first-order valence-electron chi connectivity index (χ1n) is 6.00. The number of hydrogen-bond donors (Lipinski definition) is 1. The lowest BCUT2D eigenvalue weighted by Crippen LogP contribution is -2.23. The van der Waals surface area contributed by atoms with E-state index in [1.807, 2.05) is 30.3 Å². The molecule has 0 fully saturated rings. The maximum Gasteiger partial charge on any atom is 0.143 e. The lowest BCUT2D eigenvalue weighted by molar-refractivity contribution is 0.811. The van der Waals surface area contributed by atoms with Crippen LogP contribution in [0.15, 0.2) is 41.0 Å². The Morgan fingerprint density at radius 3 is 2.58 bits per heavy atom. The topological polar surface area (TPSA) is 42.1 Å². The number of pyridine rings is 1. The zero-order valence-corrected chi connectivity index (χ0v) is 12.9. The third-order valence-corrected chi connectivity index (χ3v) is 3.61. The highest BCUT2D eigenvalue weighted by molar-refractivity contribution is 9.10. The Kier molecular flexibility index (Phi) is 4.66. The minimum absolute atomic E-state index is 0.624. The summed E-state index contributed by atoms with van der Waals surface area (Å²) in [6.45, 7) is 3.74. The molecule has 100 valence electrons. The number of aromatic nitrogens is 1. The molecule has 1 heterocycles. The van der Waals surface area contributed by atoms with Crippen molar-refractivity contribution in [1.82, 2.24) is 4.98 Å². The number of hydrogen-bond acceptors (Lipinski definition) is 3. The van der Waals surface area contributed by atoms with Crippen LogP contribution >= 0.6 is 27.5 Å². The van der Waals surface area contributed by atoms with Crippen LogP contribution in [0.1, 0.15) is 12.5 Å². The summed E-state index contributed by atoms with van der Waals surface area (Å²) < 4.78 is 0.900. The smallest absolute Gasteiger partial charge is 0.143 e. The van der Waals surface area contributed by atoms with E-state index in [4.69, 9.17) is 17.3 Å². The second kappa shape index (κ2) is 6.26. The van der Waals surface area contributed by atoms with Crippen LogP contribution in [0.2, 0.25) is 5.02 Å². The monoisotopic (exact) mass is 339 g/mol. The zero-order valence-electron chi connectivity index (χ0n) is 10.6. The molecule has 0 spiro atoms. The Hall–Kier alpha value is -1.26. The second-order valence-corrected chi connectivity index (χ2v) is 5.51. The number of anilines is 2. The Bertz CT molecular complexity index is 557. The lowest BCUT2D eigenvalue weighted by Gasteiger charge is -2.23. The van der Waals surface area contributed by atoms with Crippen molar-refractivity contribution in [1.29, 1.82) is 0 Å². The van der Waals surface area contributed by atoms with Crippen molar-refractivity contribution in [3.63, 3.8) is 0 Å². The summed E-state index contributed by atoms with van der Waals surface area (Å²) in [6, 6.07) is 9.74. The van der Waals surface area contributed by atoms with Crippen molar-refractivity contribution in [3.8, 4) is 0 Å². The predicted molar refractivity (Wildman–Crippen MR) is 84.5 cm³/mol. The van der Waals surface area contributed by atoms with Gasteiger partial charge >= 0.3 is 0 Å². The summed E-state index contributed by atoms with van der Waals surface area (Å²) >= 11 is 9.42. The van der Waals surface area contributed by atoms with Crippen molar-refractivity contribution in [3.05, 3.63) is 51.6 Å². The normalized spacial score (nSPS) is 10.5. The van der Waals surface area contributed by atoms with E-state index in [1.165, 1.54) is 5.56 Å². The van der Waals surface area contributed by atoms with E-state index in [0.717, 1.165) is 29.1 Å². The van der Waals surface area contributed by atoms with E-state index in [0.29, 0.717) is 5.02 Å². The summed E-state index contributed by atoms with van der Waals surface area (Å²) in [4.78, 5) is 6.56. The van der Waals surface area contributed by atoms with Crippen LogP contribution in [0.5, 0.6) is 0 Å². The first kappa shape index (κ1) is 14.2. The van der Waals surface area contributed by atoms with E-state index in [9.17, 15) is 0 Å². The number of benzene rings is 1. The molecule has 2 rings (SSSR count). The summed E-state index contributed by atoms with van der Waals surface area (Å²) in [7, 11) is 0. The third kappa shape index (κ3) is 3.61. The molecule has 2 aromatic rings. The summed E-state index contributed by atoms with van der Waals surface area (Å²) in [5, 5.41) is 0.624. The van der Waals surface area contributed by atoms with Gasteiger partial charge in [-0.25, -0.2) is 4.98 Å². The van der Waals surface area contributed by atoms with Gasteiger partial charge in [0.2, 0.25) is 0 Å². The molecular weight excluding hydrogens is 326 g/mol. The molecule has 0 aliphatic heterocycles. The maximum absolute atomic E-state index is 5.92. The van der Waals surface area contributed by atoms with E-state index in [2.05, 4.69) is 32.7 Å². The fraction of sp³-hybridized carbons (Fsp3) is 0.214. The zero-order chi connectivity index (χ0) is 13.8. The Morgan fingerprint density at radius 2 is 2.00 bits per heavy atom. The molecular formula is C14H15BrClN3. The van der Waals surface area contributed by atoms with E-state index in [1.54, 1.807) is 6.20 Å². The molecule has 0 amide bonds. The first-order chi connectivity index (χ1) is 9.10. The summed E-state index contributed by atoms with van der Waals surface area (Å²) in [5.41, 5.74) is 7.66. The maximum atomic E-state index is 5.92. The van der Waals surface area contributed by atoms with Crippen LogP contribution in [0.4, 0.5) is 11.5 Å². The average molecular weight is 341 g/mol. The molecule has 0 radical (unpaired) electrons. The van der Waals surface area contributed by atoms with Crippen molar-refractivity contribution < 1.29 is 0 Å². The molecule has 0 aliphatic carbocycles. The van der Waals surface area contributed by atoms with Gasteiger partial charge < -0.3 is 10.6 Å². The first-order valence-corrected chi connectivity index (χ1v) is 7.17. The van der Waals surface area contributed by atoms with Gasteiger partial charge in [-0.1, -0.05) is 23.7 Å². The molecule has 19 heavy (non-hydrogen) atoms. The SMILES string of the molecule is CCN(Cc1ccc(N)cc1)c1ncc(Cl)cc1Br. The van der Waals surface area contributed by atoms with E-state index in [-0.39, 0.29) is 0 Å².